The molecule has 0 fully saturated rings. The zero-order valence-corrected chi connectivity index (χ0v) is 9.60. The van der Waals surface area contributed by atoms with Gasteiger partial charge in [-0.05, 0) is 12.1 Å². The van der Waals surface area contributed by atoms with Crippen LogP contribution in [0.4, 0.5) is 0 Å². The first-order valence-corrected chi connectivity index (χ1v) is 4.95. The fourth-order valence-electron chi connectivity index (χ4n) is 1.58. The van der Waals surface area contributed by atoms with E-state index in [1.54, 1.807) is 20.4 Å². The molecule has 1 aromatic carbocycles. The van der Waals surface area contributed by atoms with Crippen molar-refractivity contribution in [2.24, 2.45) is 7.05 Å². The van der Waals surface area contributed by atoms with Gasteiger partial charge in [-0.25, -0.2) is 4.98 Å². The minimum atomic E-state index is 0.761. The van der Waals surface area contributed by atoms with E-state index in [0.29, 0.717) is 0 Å². The van der Waals surface area contributed by atoms with E-state index < -0.39 is 0 Å². The van der Waals surface area contributed by atoms with Crippen LogP contribution in [0.3, 0.4) is 0 Å². The molecule has 0 radical (unpaired) electrons. The van der Waals surface area contributed by atoms with E-state index >= 15 is 0 Å². The number of ether oxygens (including phenoxy) is 2. The van der Waals surface area contributed by atoms with Crippen molar-refractivity contribution >= 4 is 0 Å². The van der Waals surface area contributed by atoms with Crippen molar-refractivity contribution < 1.29 is 9.47 Å². The van der Waals surface area contributed by atoms with Gasteiger partial charge in [0, 0.05) is 31.1 Å². The molecule has 4 nitrogen and oxygen atoms in total. The van der Waals surface area contributed by atoms with Gasteiger partial charge >= 0.3 is 0 Å². The molecule has 0 amide bonds. The molecule has 0 unspecified atom stereocenters. The van der Waals surface area contributed by atoms with Crippen LogP contribution < -0.4 is 9.47 Å². The Morgan fingerprint density at radius 3 is 2.12 bits per heavy atom. The van der Waals surface area contributed by atoms with Gasteiger partial charge in [0.2, 0.25) is 0 Å². The Balaban J connectivity index is 2.52. The van der Waals surface area contributed by atoms with Crippen LogP contribution in [-0.4, -0.2) is 23.8 Å². The topological polar surface area (TPSA) is 36.3 Å². The largest absolute Gasteiger partial charge is 0.497 e. The summed E-state index contributed by atoms with van der Waals surface area (Å²) < 4.78 is 12.4. The summed E-state index contributed by atoms with van der Waals surface area (Å²) in [5.41, 5.74) is 0.976. The third-order valence-electron chi connectivity index (χ3n) is 2.43. The first kappa shape index (κ1) is 10.5. The van der Waals surface area contributed by atoms with E-state index in [2.05, 4.69) is 4.98 Å². The van der Waals surface area contributed by atoms with Crippen LogP contribution in [0.15, 0.2) is 30.6 Å². The summed E-state index contributed by atoms with van der Waals surface area (Å²) in [6.45, 7) is 0. The summed E-state index contributed by atoms with van der Waals surface area (Å²) >= 11 is 0. The van der Waals surface area contributed by atoms with Crippen molar-refractivity contribution in [3.8, 4) is 22.9 Å². The van der Waals surface area contributed by atoms with Gasteiger partial charge in [0.1, 0.15) is 17.3 Å². The summed E-state index contributed by atoms with van der Waals surface area (Å²) in [6, 6.07) is 5.71. The van der Waals surface area contributed by atoms with Gasteiger partial charge in [-0.2, -0.15) is 0 Å². The Kier molecular flexibility index (Phi) is 2.81. The lowest BCUT2D eigenvalue weighted by molar-refractivity contribution is 0.394. The molecular weight excluding hydrogens is 204 g/mol. The summed E-state index contributed by atoms with van der Waals surface area (Å²) in [5, 5.41) is 0. The molecule has 0 spiro atoms. The van der Waals surface area contributed by atoms with Gasteiger partial charge < -0.3 is 14.0 Å². The number of hydrogen-bond donors (Lipinski definition) is 0. The van der Waals surface area contributed by atoms with Crippen molar-refractivity contribution in [2.75, 3.05) is 14.2 Å². The second-order valence-electron chi connectivity index (χ2n) is 3.46. The summed E-state index contributed by atoms with van der Waals surface area (Å²) in [6.07, 6.45) is 3.67. The number of imidazole rings is 1. The Morgan fingerprint density at radius 2 is 1.69 bits per heavy atom. The van der Waals surface area contributed by atoms with Gasteiger partial charge in [0.15, 0.2) is 0 Å². The van der Waals surface area contributed by atoms with Crippen LogP contribution in [0.2, 0.25) is 0 Å². The minimum Gasteiger partial charge on any atom is -0.497 e. The van der Waals surface area contributed by atoms with Gasteiger partial charge in [0.05, 0.1) is 14.2 Å². The van der Waals surface area contributed by atoms with Crippen molar-refractivity contribution in [3.63, 3.8) is 0 Å². The molecule has 0 aliphatic heterocycles. The van der Waals surface area contributed by atoms with Crippen molar-refractivity contribution in [3.05, 3.63) is 30.6 Å². The number of rotatable bonds is 3. The molecule has 0 bridgehead atoms. The van der Waals surface area contributed by atoms with Crippen molar-refractivity contribution in [2.45, 2.75) is 0 Å². The minimum absolute atomic E-state index is 0.761. The lowest BCUT2D eigenvalue weighted by Crippen LogP contribution is -1.93. The standard InChI is InChI=1S/C12H14N2O2/c1-14-5-4-13-12(14)9-6-10(15-2)8-11(7-9)16-3/h4-8H,1-3H3. The highest BCUT2D eigenvalue weighted by Gasteiger charge is 2.07. The second kappa shape index (κ2) is 4.26. The highest BCUT2D eigenvalue weighted by Crippen LogP contribution is 2.28. The third-order valence-corrected chi connectivity index (χ3v) is 2.43. The van der Waals surface area contributed by atoms with E-state index in [9.17, 15) is 0 Å². The van der Waals surface area contributed by atoms with E-state index in [4.69, 9.17) is 9.47 Å². The Labute approximate surface area is 94.4 Å². The van der Waals surface area contributed by atoms with Crippen molar-refractivity contribution in [1.82, 2.24) is 9.55 Å². The quantitative estimate of drug-likeness (QED) is 0.791. The molecule has 0 aliphatic rings. The molecule has 0 saturated carbocycles. The summed E-state index contributed by atoms with van der Waals surface area (Å²) in [5.74, 6) is 2.41. The van der Waals surface area contributed by atoms with Crippen LogP contribution in [0, 0.1) is 0 Å². The SMILES string of the molecule is COc1cc(OC)cc(-c2nccn2C)c1. The van der Waals surface area contributed by atoms with Gasteiger partial charge in [0.25, 0.3) is 0 Å². The lowest BCUT2D eigenvalue weighted by Gasteiger charge is -2.08. The molecule has 4 heteroatoms. The van der Waals surface area contributed by atoms with E-state index in [1.165, 1.54) is 0 Å². The van der Waals surface area contributed by atoms with Crippen LogP contribution in [0.5, 0.6) is 11.5 Å². The molecule has 1 heterocycles. The monoisotopic (exact) mass is 218 g/mol. The average Bonchev–Trinajstić information content (AvgIpc) is 2.74. The number of methoxy groups -OCH3 is 2. The molecule has 16 heavy (non-hydrogen) atoms. The Morgan fingerprint density at radius 1 is 1.06 bits per heavy atom. The zero-order valence-electron chi connectivity index (χ0n) is 9.60. The van der Waals surface area contributed by atoms with Crippen LogP contribution >= 0.6 is 0 Å². The molecule has 84 valence electrons. The maximum atomic E-state index is 5.22. The van der Waals surface area contributed by atoms with Crippen LogP contribution in [0.1, 0.15) is 0 Å². The molecule has 0 aliphatic carbocycles. The molecule has 0 N–H and O–H groups in total. The molecule has 1 aromatic heterocycles. The molecule has 2 rings (SSSR count). The predicted octanol–water partition coefficient (Wildman–Crippen LogP) is 2.10. The molecule has 0 atom stereocenters. The smallest absolute Gasteiger partial charge is 0.139 e. The number of aryl methyl sites for hydroxylation is 1. The maximum absolute atomic E-state index is 5.22. The zero-order chi connectivity index (χ0) is 11.5. The number of hydrogen-bond acceptors (Lipinski definition) is 3. The second-order valence-corrected chi connectivity index (χ2v) is 3.46. The van der Waals surface area contributed by atoms with Crippen LogP contribution in [0.25, 0.3) is 11.4 Å². The number of aromatic nitrogens is 2. The number of nitrogens with zero attached hydrogens (tertiary/aromatic N) is 2. The summed E-state index contributed by atoms with van der Waals surface area (Å²) in [4.78, 5) is 4.29. The molecular formula is C12H14N2O2. The fourth-order valence-corrected chi connectivity index (χ4v) is 1.58. The molecule has 0 saturated heterocycles. The third kappa shape index (κ3) is 1.86. The van der Waals surface area contributed by atoms with Crippen molar-refractivity contribution in [1.29, 1.82) is 0 Å². The first-order chi connectivity index (χ1) is 7.74. The van der Waals surface area contributed by atoms with E-state index in [1.807, 2.05) is 36.0 Å². The summed E-state index contributed by atoms with van der Waals surface area (Å²) in [7, 11) is 5.22. The number of benzene rings is 1. The van der Waals surface area contributed by atoms with Crippen LogP contribution in [-0.2, 0) is 7.05 Å². The van der Waals surface area contributed by atoms with E-state index in [-0.39, 0.29) is 0 Å². The van der Waals surface area contributed by atoms with Gasteiger partial charge in [-0.15, -0.1) is 0 Å². The predicted molar refractivity (Wildman–Crippen MR) is 61.7 cm³/mol. The first-order valence-electron chi connectivity index (χ1n) is 4.95. The Bertz CT molecular complexity index is 469. The van der Waals surface area contributed by atoms with Gasteiger partial charge in [-0.3, -0.25) is 0 Å². The Hall–Kier alpha value is -1.97. The fraction of sp³-hybridized carbons (Fsp3) is 0.250. The average molecular weight is 218 g/mol. The van der Waals surface area contributed by atoms with E-state index in [0.717, 1.165) is 22.9 Å². The normalized spacial score (nSPS) is 10.2. The lowest BCUT2D eigenvalue weighted by atomic mass is 10.2. The molecule has 2 aromatic rings. The van der Waals surface area contributed by atoms with Gasteiger partial charge in [-0.1, -0.05) is 0 Å². The highest BCUT2D eigenvalue weighted by molar-refractivity contribution is 5.61. The maximum Gasteiger partial charge on any atom is 0.139 e. The highest BCUT2D eigenvalue weighted by atomic mass is 16.5.